The maximum atomic E-state index is 13.4. The van der Waals surface area contributed by atoms with Gasteiger partial charge in [-0.2, -0.15) is 0 Å². The molecule has 0 bridgehead atoms. The van der Waals surface area contributed by atoms with Gasteiger partial charge in [0.15, 0.2) is 11.6 Å². The Bertz CT molecular complexity index is 389. The van der Waals surface area contributed by atoms with E-state index < -0.39 is 11.6 Å². The predicted octanol–water partition coefficient (Wildman–Crippen LogP) is 2.40. The average molecular weight is 274 g/mol. The number of nitrogens with one attached hydrogen (secondary N) is 1. The smallest absolute Gasteiger partial charge is 0.183 e. The Morgan fingerprint density at radius 2 is 1.95 bits per heavy atom. The van der Waals surface area contributed by atoms with Crippen LogP contribution in [0.4, 0.5) is 20.2 Å². The van der Waals surface area contributed by atoms with Crippen LogP contribution >= 0.6 is 0 Å². The van der Waals surface area contributed by atoms with Gasteiger partial charge in [0.25, 0.3) is 0 Å². The van der Waals surface area contributed by atoms with E-state index in [1.807, 2.05) is 0 Å². The summed E-state index contributed by atoms with van der Waals surface area (Å²) in [4.78, 5) is 0. The Hall–Kier alpha value is -1.40. The first-order valence-electron chi connectivity index (χ1n) is 6.21. The molecule has 1 aromatic carbocycles. The zero-order valence-corrected chi connectivity index (χ0v) is 11.0. The second-order valence-electron chi connectivity index (χ2n) is 4.06. The van der Waals surface area contributed by atoms with E-state index in [0.717, 1.165) is 18.9 Å². The number of methoxy groups -OCH3 is 1. The van der Waals surface area contributed by atoms with Crippen LogP contribution in [-0.2, 0) is 9.47 Å². The molecule has 6 heteroatoms. The standard InChI is InChI=1S/C13H20F2N2O2/c1-18-8-9-19-7-3-2-6-17-13-11(16)5-4-10(14)12(13)15/h4-5,17H,2-3,6-9,16H2,1H3. The lowest BCUT2D eigenvalue weighted by Crippen LogP contribution is -2.09. The molecule has 0 heterocycles. The fourth-order valence-corrected chi connectivity index (χ4v) is 1.53. The van der Waals surface area contributed by atoms with Crippen molar-refractivity contribution in [2.24, 2.45) is 0 Å². The van der Waals surface area contributed by atoms with Gasteiger partial charge in [0.1, 0.15) is 0 Å². The molecule has 3 N–H and O–H groups in total. The van der Waals surface area contributed by atoms with E-state index in [-0.39, 0.29) is 11.4 Å². The Labute approximate surface area is 111 Å². The van der Waals surface area contributed by atoms with Gasteiger partial charge < -0.3 is 20.5 Å². The first-order chi connectivity index (χ1) is 9.16. The minimum Gasteiger partial charge on any atom is -0.397 e. The van der Waals surface area contributed by atoms with Crippen LogP contribution in [0.3, 0.4) is 0 Å². The lowest BCUT2D eigenvalue weighted by atomic mass is 10.2. The van der Waals surface area contributed by atoms with E-state index in [0.29, 0.717) is 26.4 Å². The van der Waals surface area contributed by atoms with Gasteiger partial charge >= 0.3 is 0 Å². The molecule has 0 saturated carbocycles. The van der Waals surface area contributed by atoms with Crippen LogP contribution in [0.1, 0.15) is 12.8 Å². The van der Waals surface area contributed by atoms with E-state index in [2.05, 4.69) is 5.32 Å². The fourth-order valence-electron chi connectivity index (χ4n) is 1.53. The average Bonchev–Trinajstić information content (AvgIpc) is 2.40. The maximum absolute atomic E-state index is 13.4. The number of anilines is 2. The lowest BCUT2D eigenvalue weighted by molar-refractivity contribution is 0.0691. The molecule has 0 unspecified atom stereocenters. The Morgan fingerprint density at radius 1 is 1.16 bits per heavy atom. The molecule has 0 radical (unpaired) electrons. The van der Waals surface area contributed by atoms with Gasteiger partial charge in [-0.15, -0.1) is 0 Å². The van der Waals surface area contributed by atoms with Crippen LogP contribution in [0.15, 0.2) is 12.1 Å². The van der Waals surface area contributed by atoms with Crippen molar-refractivity contribution >= 4 is 11.4 Å². The van der Waals surface area contributed by atoms with Crippen molar-refractivity contribution in [3.63, 3.8) is 0 Å². The van der Waals surface area contributed by atoms with Crippen molar-refractivity contribution in [1.29, 1.82) is 0 Å². The summed E-state index contributed by atoms with van der Waals surface area (Å²) in [5, 5.41) is 2.80. The molecular formula is C13H20F2N2O2. The third kappa shape index (κ3) is 5.40. The van der Waals surface area contributed by atoms with Crippen LogP contribution in [-0.4, -0.2) is 33.5 Å². The topological polar surface area (TPSA) is 56.5 Å². The predicted molar refractivity (Wildman–Crippen MR) is 71.2 cm³/mol. The highest BCUT2D eigenvalue weighted by molar-refractivity contribution is 5.66. The van der Waals surface area contributed by atoms with Crippen molar-refractivity contribution in [2.75, 3.05) is 44.5 Å². The molecule has 0 saturated heterocycles. The summed E-state index contributed by atoms with van der Waals surface area (Å²) in [6.07, 6.45) is 1.61. The molecule has 0 amide bonds. The number of rotatable bonds is 9. The van der Waals surface area contributed by atoms with E-state index in [4.69, 9.17) is 15.2 Å². The van der Waals surface area contributed by atoms with E-state index in [1.165, 1.54) is 6.07 Å². The van der Waals surface area contributed by atoms with Crippen LogP contribution < -0.4 is 11.1 Å². The first-order valence-corrected chi connectivity index (χ1v) is 6.21. The Balaban J connectivity index is 2.21. The second kappa shape index (κ2) is 8.66. The number of unbranched alkanes of at least 4 members (excludes halogenated alkanes) is 1. The molecule has 0 aromatic heterocycles. The van der Waals surface area contributed by atoms with Gasteiger partial charge in [0, 0.05) is 20.3 Å². The molecular weight excluding hydrogens is 254 g/mol. The van der Waals surface area contributed by atoms with Gasteiger partial charge in [0.2, 0.25) is 0 Å². The quantitative estimate of drug-likeness (QED) is 0.536. The number of hydrogen-bond acceptors (Lipinski definition) is 4. The number of ether oxygens (including phenoxy) is 2. The number of hydrogen-bond donors (Lipinski definition) is 2. The summed E-state index contributed by atoms with van der Waals surface area (Å²) in [6, 6.07) is 2.36. The molecule has 4 nitrogen and oxygen atoms in total. The van der Waals surface area contributed by atoms with Gasteiger partial charge in [-0.1, -0.05) is 0 Å². The molecule has 19 heavy (non-hydrogen) atoms. The van der Waals surface area contributed by atoms with Gasteiger partial charge in [-0.25, -0.2) is 8.78 Å². The van der Waals surface area contributed by atoms with Crippen molar-refractivity contribution in [3.05, 3.63) is 23.8 Å². The monoisotopic (exact) mass is 274 g/mol. The first kappa shape index (κ1) is 15.7. The zero-order chi connectivity index (χ0) is 14.1. The van der Waals surface area contributed by atoms with E-state index >= 15 is 0 Å². The Kier molecular flexibility index (Phi) is 7.14. The zero-order valence-electron chi connectivity index (χ0n) is 11.0. The highest BCUT2D eigenvalue weighted by Gasteiger charge is 2.10. The highest BCUT2D eigenvalue weighted by atomic mass is 19.2. The summed E-state index contributed by atoms with van der Waals surface area (Å²) in [5.41, 5.74) is 5.81. The molecule has 1 rings (SSSR count). The minimum absolute atomic E-state index is 0.0281. The van der Waals surface area contributed by atoms with Crippen molar-refractivity contribution < 1.29 is 18.3 Å². The summed E-state index contributed by atoms with van der Waals surface area (Å²) in [5.74, 6) is -1.84. The molecule has 0 fully saturated rings. The third-order valence-corrected chi connectivity index (χ3v) is 2.58. The maximum Gasteiger partial charge on any atom is 0.183 e. The summed E-state index contributed by atoms with van der Waals surface area (Å²) < 4.78 is 36.5. The summed E-state index contributed by atoms with van der Waals surface area (Å²) in [6.45, 7) is 2.27. The number of benzene rings is 1. The second-order valence-corrected chi connectivity index (χ2v) is 4.06. The van der Waals surface area contributed by atoms with Gasteiger partial charge in [-0.3, -0.25) is 0 Å². The fraction of sp³-hybridized carbons (Fsp3) is 0.538. The van der Waals surface area contributed by atoms with Crippen LogP contribution in [0.2, 0.25) is 0 Å². The minimum atomic E-state index is -0.934. The normalized spacial score (nSPS) is 10.7. The van der Waals surface area contributed by atoms with Crippen LogP contribution in [0.25, 0.3) is 0 Å². The Morgan fingerprint density at radius 3 is 2.68 bits per heavy atom. The molecule has 108 valence electrons. The molecule has 0 aliphatic heterocycles. The van der Waals surface area contributed by atoms with Crippen molar-refractivity contribution in [2.45, 2.75) is 12.8 Å². The summed E-state index contributed by atoms with van der Waals surface area (Å²) in [7, 11) is 1.62. The summed E-state index contributed by atoms with van der Waals surface area (Å²) >= 11 is 0. The number of nitrogens with two attached hydrogens (primary N) is 1. The molecule has 0 aliphatic rings. The number of nitrogen functional groups attached to an aromatic ring is 1. The van der Waals surface area contributed by atoms with E-state index in [9.17, 15) is 8.78 Å². The van der Waals surface area contributed by atoms with Gasteiger partial charge in [0.05, 0.1) is 24.6 Å². The highest BCUT2D eigenvalue weighted by Crippen LogP contribution is 2.24. The number of halogens is 2. The molecule has 1 aromatic rings. The van der Waals surface area contributed by atoms with E-state index in [1.54, 1.807) is 7.11 Å². The lowest BCUT2D eigenvalue weighted by Gasteiger charge is -2.10. The van der Waals surface area contributed by atoms with Crippen molar-refractivity contribution in [1.82, 2.24) is 0 Å². The SMILES string of the molecule is COCCOCCCCNc1c(N)ccc(F)c1F. The van der Waals surface area contributed by atoms with Crippen molar-refractivity contribution in [3.8, 4) is 0 Å². The third-order valence-electron chi connectivity index (χ3n) is 2.58. The largest absolute Gasteiger partial charge is 0.397 e. The molecule has 0 aliphatic carbocycles. The molecule has 0 spiro atoms. The van der Waals surface area contributed by atoms with Crippen LogP contribution in [0.5, 0.6) is 0 Å². The van der Waals surface area contributed by atoms with Gasteiger partial charge in [-0.05, 0) is 25.0 Å². The van der Waals surface area contributed by atoms with Crippen LogP contribution in [0, 0.1) is 11.6 Å². The molecule has 0 atom stereocenters.